The standard InChI is InChI=1S/C9H9NO2/c10-9(6-11,7-12)8-4-2-1-3-5-8/h1-7H,10H2. The second kappa shape index (κ2) is 3.28. The molecule has 1 aromatic rings. The van der Waals surface area contributed by atoms with Crippen LogP contribution in [0.2, 0.25) is 0 Å². The molecule has 0 saturated carbocycles. The van der Waals surface area contributed by atoms with Crippen molar-refractivity contribution in [3.63, 3.8) is 0 Å². The highest BCUT2D eigenvalue weighted by atomic mass is 16.1. The molecule has 12 heavy (non-hydrogen) atoms. The molecule has 0 aliphatic heterocycles. The van der Waals surface area contributed by atoms with Gasteiger partial charge in [0, 0.05) is 0 Å². The van der Waals surface area contributed by atoms with Crippen molar-refractivity contribution < 1.29 is 9.59 Å². The van der Waals surface area contributed by atoms with E-state index in [1.807, 2.05) is 0 Å². The Kier molecular flexibility index (Phi) is 2.35. The Hall–Kier alpha value is -1.48. The van der Waals surface area contributed by atoms with Gasteiger partial charge in [-0.15, -0.1) is 0 Å². The number of aldehydes is 2. The van der Waals surface area contributed by atoms with Gasteiger partial charge in [-0.2, -0.15) is 0 Å². The zero-order chi connectivity index (χ0) is 9.03. The predicted molar refractivity (Wildman–Crippen MR) is 44.4 cm³/mol. The van der Waals surface area contributed by atoms with E-state index in [-0.39, 0.29) is 0 Å². The predicted octanol–water partition coefficient (Wildman–Crippen LogP) is 0.238. The smallest absolute Gasteiger partial charge is 0.153 e. The first-order chi connectivity index (χ1) is 5.73. The average molecular weight is 163 g/mol. The summed E-state index contributed by atoms with van der Waals surface area (Å²) in [5, 5.41) is 0. The Labute approximate surface area is 70.2 Å². The van der Waals surface area contributed by atoms with Gasteiger partial charge in [0.15, 0.2) is 18.1 Å². The van der Waals surface area contributed by atoms with Crippen molar-refractivity contribution in [1.29, 1.82) is 0 Å². The van der Waals surface area contributed by atoms with Crippen LogP contribution in [0.3, 0.4) is 0 Å². The van der Waals surface area contributed by atoms with Crippen LogP contribution in [0, 0.1) is 0 Å². The summed E-state index contributed by atoms with van der Waals surface area (Å²) < 4.78 is 0. The zero-order valence-electron chi connectivity index (χ0n) is 6.44. The van der Waals surface area contributed by atoms with Crippen LogP contribution >= 0.6 is 0 Å². The van der Waals surface area contributed by atoms with Crippen molar-refractivity contribution in [2.24, 2.45) is 5.73 Å². The van der Waals surface area contributed by atoms with E-state index in [2.05, 4.69) is 0 Å². The molecule has 62 valence electrons. The Morgan fingerprint density at radius 2 is 1.58 bits per heavy atom. The number of carbonyl (C=O) groups excluding carboxylic acids is 2. The molecule has 3 nitrogen and oxygen atoms in total. The maximum atomic E-state index is 10.5. The molecular formula is C9H9NO2. The van der Waals surface area contributed by atoms with Gasteiger partial charge in [0.05, 0.1) is 0 Å². The Balaban J connectivity index is 3.11. The molecule has 0 spiro atoms. The van der Waals surface area contributed by atoms with E-state index in [1.165, 1.54) is 0 Å². The summed E-state index contributed by atoms with van der Waals surface area (Å²) in [4.78, 5) is 21.0. The SMILES string of the molecule is NC(C=O)(C=O)c1ccccc1. The van der Waals surface area contributed by atoms with E-state index < -0.39 is 5.54 Å². The molecule has 3 heteroatoms. The van der Waals surface area contributed by atoms with Crippen LogP contribution in [-0.4, -0.2) is 12.6 Å². The van der Waals surface area contributed by atoms with Crippen LogP contribution in [0.4, 0.5) is 0 Å². The number of carbonyl (C=O) groups is 2. The topological polar surface area (TPSA) is 60.2 Å². The van der Waals surface area contributed by atoms with Crippen molar-refractivity contribution in [2.75, 3.05) is 0 Å². The fourth-order valence-corrected chi connectivity index (χ4v) is 0.891. The van der Waals surface area contributed by atoms with Crippen LogP contribution in [0.5, 0.6) is 0 Å². The summed E-state index contributed by atoms with van der Waals surface area (Å²) in [5.41, 5.74) is 4.51. The summed E-state index contributed by atoms with van der Waals surface area (Å²) in [6.07, 6.45) is 0.880. The third-order valence-electron chi connectivity index (χ3n) is 1.66. The minimum absolute atomic E-state index is 0.440. The molecule has 0 radical (unpaired) electrons. The van der Waals surface area contributed by atoms with Gasteiger partial charge >= 0.3 is 0 Å². The van der Waals surface area contributed by atoms with Gasteiger partial charge < -0.3 is 15.3 Å². The molecule has 0 amide bonds. The van der Waals surface area contributed by atoms with Gasteiger partial charge in [0.2, 0.25) is 0 Å². The Bertz CT molecular complexity index is 274. The van der Waals surface area contributed by atoms with E-state index in [4.69, 9.17) is 5.73 Å². The third kappa shape index (κ3) is 1.40. The minimum atomic E-state index is -1.48. The summed E-state index contributed by atoms with van der Waals surface area (Å²) in [7, 11) is 0. The maximum absolute atomic E-state index is 10.5. The first kappa shape index (κ1) is 8.62. The van der Waals surface area contributed by atoms with Crippen LogP contribution in [0.15, 0.2) is 30.3 Å². The normalized spacial score (nSPS) is 10.8. The Morgan fingerprint density at radius 3 is 2.00 bits per heavy atom. The molecule has 0 aliphatic carbocycles. The molecule has 0 heterocycles. The maximum Gasteiger partial charge on any atom is 0.153 e. The lowest BCUT2D eigenvalue weighted by molar-refractivity contribution is -0.121. The van der Waals surface area contributed by atoms with Gasteiger partial charge in [0.1, 0.15) is 0 Å². The summed E-state index contributed by atoms with van der Waals surface area (Å²) in [6.45, 7) is 0. The van der Waals surface area contributed by atoms with Crippen LogP contribution in [0.25, 0.3) is 0 Å². The van der Waals surface area contributed by atoms with Crippen LogP contribution < -0.4 is 5.73 Å². The number of hydrogen-bond acceptors (Lipinski definition) is 3. The lowest BCUT2D eigenvalue weighted by Crippen LogP contribution is -2.39. The van der Waals surface area contributed by atoms with Crippen molar-refractivity contribution in [1.82, 2.24) is 0 Å². The highest BCUT2D eigenvalue weighted by Gasteiger charge is 2.25. The number of hydrogen-bond donors (Lipinski definition) is 1. The average Bonchev–Trinajstić information content (AvgIpc) is 2.18. The highest BCUT2D eigenvalue weighted by Crippen LogP contribution is 2.12. The van der Waals surface area contributed by atoms with Gasteiger partial charge in [-0.05, 0) is 5.56 Å². The second-order valence-electron chi connectivity index (χ2n) is 2.53. The molecular weight excluding hydrogens is 154 g/mol. The molecule has 2 N–H and O–H groups in total. The Morgan fingerprint density at radius 1 is 1.08 bits per heavy atom. The van der Waals surface area contributed by atoms with E-state index in [0.29, 0.717) is 18.1 Å². The summed E-state index contributed by atoms with van der Waals surface area (Å²) >= 11 is 0. The molecule has 0 saturated heterocycles. The second-order valence-corrected chi connectivity index (χ2v) is 2.53. The quantitative estimate of drug-likeness (QED) is 0.513. The van der Waals surface area contributed by atoms with Gasteiger partial charge in [-0.25, -0.2) is 0 Å². The van der Waals surface area contributed by atoms with Crippen molar-refractivity contribution in [2.45, 2.75) is 5.54 Å². The first-order valence-electron chi connectivity index (χ1n) is 3.50. The molecule has 0 atom stereocenters. The van der Waals surface area contributed by atoms with Gasteiger partial charge in [-0.1, -0.05) is 30.3 Å². The zero-order valence-corrected chi connectivity index (χ0v) is 6.44. The number of nitrogens with two attached hydrogens (primary N) is 1. The molecule has 0 aliphatic rings. The molecule has 0 aromatic heterocycles. The summed E-state index contributed by atoms with van der Waals surface area (Å²) in [6, 6.07) is 8.53. The largest absolute Gasteiger partial charge is 0.310 e. The monoisotopic (exact) mass is 163 g/mol. The van der Waals surface area contributed by atoms with E-state index >= 15 is 0 Å². The fraction of sp³-hybridized carbons (Fsp3) is 0.111. The van der Waals surface area contributed by atoms with Gasteiger partial charge in [0.25, 0.3) is 0 Å². The van der Waals surface area contributed by atoms with E-state index in [0.717, 1.165) is 0 Å². The lowest BCUT2D eigenvalue weighted by atomic mass is 9.95. The fourth-order valence-electron chi connectivity index (χ4n) is 0.891. The lowest BCUT2D eigenvalue weighted by Gasteiger charge is -2.14. The molecule has 1 rings (SSSR count). The number of rotatable bonds is 3. The van der Waals surface area contributed by atoms with Crippen LogP contribution in [-0.2, 0) is 15.1 Å². The van der Waals surface area contributed by atoms with Crippen molar-refractivity contribution >= 4 is 12.6 Å². The van der Waals surface area contributed by atoms with E-state index in [1.54, 1.807) is 30.3 Å². The van der Waals surface area contributed by atoms with Gasteiger partial charge in [-0.3, -0.25) is 0 Å². The van der Waals surface area contributed by atoms with Crippen molar-refractivity contribution in [3.05, 3.63) is 35.9 Å². The minimum Gasteiger partial charge on any atom is -0.310 e. The van der Waals surface area contributed by atoms with E-state index in [9.17, 15) is 9.59 Å². The molecule has 0 bridgehead atoms. The van der Waals surface area contributed by atoms with Crippen molar-refractivity contribution in [3.8, 4) is 0 Å². The summed E-state index contributed by atoms with van der Waals surface area (Å²) in [5.74, 6) is 0. The molecule has 0 unspecified atom stereocenters. The molecule has 0 fully saturated rings. The number of benzene rings is 1. The first-order valence-corrected chi connectivity index (χ1v) is 3.50. The highest BCUT2D eigenvalue weighted by molar-refractivity contribution is 5.90. The molecule has 1 aromatic carbocycles. The third-order valence-corrected chi connectivity index (χ3v) is 1.66. The van der Waals surface area contributed by atoms with Crippen LogP contribution in [0.1, 0.15) is 5.56 Å².